The van der Waals surface area contributed by atoms with Crippen LogP contribution in [0.15, 0.2) is 29.3 Å². The minimum Gasteiger partial charge on any atom is -0.378 e. The average molecular weight is 388 g/mol. The summed E-state index contributed by atoms with van der Waals surface area (Å²) in [5.41, 5.74) is 2.52. The fraction of sp³-hybridized carbons (Fsp3) is 0.533. The first-order valence-electron chi connectivity index (χ1n) is 6.92. The van der Waals surface area contributed by atoms with Gasteiger partial charge in [-0.3, -0.25) is 4.99 Å². The molecule has 1 heterocycles. The Balaban J connectivity index is 0.00000200. The van der Waals surface area contributed by atoms with Crippen molar-refractivity contribution in [3.05, 3.63) is 29.8 Å². The summed E-state index contributed by atoms with van der Waals surface area (Å²) >= 11 is 0. The molecule has 0 spiro atoms. The molecular weight excluding hydrogens is 363 g/mol. The molecule has 0 unspecified atom stereocenters. The molecule has 1 N–H and O–H groups in total. The molecule has 0 bridgehead atoms. The van der Waals surface area contributed by atoms with Gasteiger partial charge in [0.25, 0.3) is 0 Å². The molecule has 0 aliphatic carbocycles. The first kappa shape index (κ1) is 17.1. The van der Waals surface area contributed by atoms with E-state index in [2.05, 4.69) is 58.5 Å². The number of guanidine groups is 1. The van der Waals surface area contributed by atoms with Crippen molar-refractivity contribution in [2.75, 3.05) is 39.1 Å². The van der Waals surface area contributed by atoms with Crippen LogP contribution in [0.2, 0.25) is 0 Å². The SMILES string of the molecule is CN=C(NCc1cccc(N(C)C)c1)N1CCCC1.I. The maximum Gasteiger partial charge on any atom is 0.193 e. The highest BCUT2D eigenvalue weighted by atomic mass is 127. The molecule has 0 amide bonds. The molecule has 1 saturated heterocycles. The van der Waals surface area contributed by atoms with Crippen LogP contribution in [0.1, 0.15) is 18.4 Å². The Morgan fingerprint density at radius 1 is 1.30 bits per heavy atom. The van der Waals surface area contributed by atoms with Crippen molar-refractivity contribution in [2.45, 2.75) is 19.4 Å². The van der Waals surface area contributed by atoms with E-state index in [1.165, 1.54) is 24.1 Å². The Kier molecular flexibility index (Phi) is 7.12. The number of aliphatic imine (C=N–C) groups is 1. The largest absolute Gasteiger partial charge is 0.378 e. The van der Waals surface area contributed by atoms with Crippen LogP contribution in [0.25, 0.3) is 0 Å². The second-order valence-corrected chi connectivity index (χ2v) is 5.16. The number of likely N-dealkylation sites (tertiary alicyclic amines) is 1. The predicted molar refractivity (Wildman–Crippen MR) is 97.2 cm³/mol. The average Bonchev–Trinajstić information content (AvgIpc) is 2.94. The van der Waals surface area contributed by atoms with Gasteiger partial charge in [0.05, 0.1) is 0 Å². The molecule has 5 heteroatoms. The maximum atomic E-state index is 4.36. The number of hydrogen-bond donors (Lipinski definition) is 1. The summed E-state index contributed by atoms with van der Waals surface area (Å²) in [6.45, 7) is 3.07. The number of halogens is 1. The zero-order chi connectivity index (χ0) is 13.7. The number of hydrogen-bond acceptors (Lipinski definition) is 2. The van der Waals surface area contributed by atoms with Gasteiger partial charge in [0.2, 0.25) is 0 Å². The highest BCUT2D eigenvalue weighted by Crippen LogP contribution is 2.13. The van der Waals surface area contributed by atoms with Crippen LogP contribution in [0.4, 0.5) is 5.69 Å². The lowest BCUT2D eigenvalue weighted by Crippen LogP contribution is -2.39. The highest BCUT2D eigenvalue weighted by Gasteiger charge is 2.15. The van der Waals surface area contributed by atoms with Gasteiger partial charge in [-0.15, -0.1) is 24.0 Å². The maximum absolute atomic E-state index is 4.36. The van der Waals surface area contributed by atoms with E-state index in [4.69, 9.17) is 0 Å². The molecule has 1 aliphatic heterocycles. The molecule has 0 saturated carbocycles. The van der Waals surface area contributed by atoms with E-state index in [0.29, 0.717) is 0 Å². The second kappa shape index (κ2) is 8.34. The molecular formula is C15H25IN4. The zero-order valence-corrected chi connectivity index (χ0v) is 14.9. The molecule has 4 nitrogen and oxygen atoms in total. The van der Waals surface area contributed by atoms with Gasteiger partial charge in [-0.1, -0.05) is 12.1 Å². The van der Waals surface area contributed by atoms with Gasteiger partial charge >= 0.3 is 0 Å². The van der Waals surface area contributed by atoms with Crippen molar-refractivity contribution >= 4 is 35.6 Å². The van der Waals surface area contributed by atoms with E-state index in [1.807, 2.05) is 7.05 Å². The van der Waals surface area contributed by atoms with E-state index in [1.54, 1.807) is 0 Å². The standard InChI is InChI=1S/C15H24N4.HI/c1-16-15(19-9-4-5-10-19)17-12-13-7-6-8-14(11-13)18(2)3;/h6-8,11H,4-5,9-10,12H2,1-3H3,(H,16,17);1H. The van der Waals surface area contributed by atoms with Crippen molar-refractivity contribution in [3.8, 4) is 0 Å². The number of anilines is 1. The molecule has 0 aromatic heterocycles. The van der Waals surface area contributed by atoms with Crippen LogP contribution in [0, 0.1) is 0 Å². The molecule has 2 rings (SSSR count). The van der Waals surface area contributed by atoms with Gasteiger partial charge in [-0.05, 0) is 30.5 Å². The van der Waals surface area contributed by atoms with Crippen molar-refractivity contribution in [1.82, 2.24) is 10.2 Å². The Morgan fingerprint density at radius 3 is 2.60 bits per heavy atom. The summed E-state index contributed by atoms with van der Waals surface area (Å²) in [5, 5.41) is 3.45. The quantitative estimate of drug-likeness (QED) is 0.491. The Labute approximate surface area is 139 Å². The van der Waals surface area contributed by atoms with E-state index < -0.39 is 0 Å². The predicted octanol–water partition coefficient (Wildman–Crippen LogP) is 2.54. The fourth-order valence-corrected chi connectivity index (χ4v) is 2.39. The number of rotatable bonds is 3. The first-order chi connectivity index (χ1) is 9.20. The van der Waals surface area contributed by atoms with E-state index >= 15 is 0 Å². The number of nitrogens with one attached hydrogen (secondary N) is 1. The number of benzene rings is 1. The van der Waals surface area contributed by atoms with Gasteiger partial charge in [0, 0.05) is 46.5 Å². The molecule has 0 radical (unpaired) electrons. The summed E-state index contributed by atoms with van der Waals surface area (Å²) in [7, 11) is 5.99. The molecule has 1 aliphatic rings. The van der Waals surface area contributed by atoms with Crippen LogP contribution in [0.3, 0.4) is 0 Å². The molecule has 112 valence electrons. The second-order valence-electron chi connectivity index (χ2n) is 5.16. The normalized spacial score (nSPS) is 14.9. The summed E-state index contributed by atoms with van der Waals surface area (Å²) in [5.74, 6) is 1.02. The Hall–Kier alpha value is -0.980. The van der Waals surface area contributed by atoms with Crippen molar-refractivity contribution in [2.24, 2.45) is 4.99 Å². The lowest BCUT2D eigenvalue weighted by atomic mass is 10.2. The van der Waals surface area contributed by atoms with E-state index in [-0.39, 0.29) is 24.0 Å². The van der Waals surface area contributed by atoms with Crippen LogP contribution >= 0.6 is 24.0 Å². The first-order valence-corrected chi connectivity index (χ1v) is 6.92. The molecule has 1 fully saturated rings. The topological polar surface area (TPSA) is 30.9 Å². The molecule has 1 aromatic rings. The smallest absolute Gasteiger partial charge is 0.193 e. The summed E-state index contributed by atoms with van der Waals surface area (Å²) in [6.07, 6.45) is 2.55. The van der Waals surface area contributed by atoms with Crippen molar-refractivity contribution < 1.29 is 0 Å². The van der Waals surface area contributed by atoms with Gasteiger partial charge in [0.15, 0.2) is 5.96 Å². The molecule has 20 heavy (non-hydrogen) atoms. The summed E-state index contributed by atoms with van der Waals surface area (Å²) in [6, 6.07) is 8.59. The van der Waals surface area contributed by atoms with Crippen LogP contribution in [-0.4, -0.2) is 45.1 Å². The Morgan fingerprint density at radius 2 is 2.00 bits per heavy atom. The van der Waals surface area contributed by atoms with Crippen molar-refractivity contribution in [3.63, 3.8) is 0 Å². The monoisotopic (exact) mass is 388 g/mol. The number of nitrogens with zero attached hydrogens (tertiary/aromatic N) is 3. The van der Waals surface area contributed by atoms with Gasteiger partial charge < -0.3 is 15.1 Å². The van der Waals surface area contributed by atoms with Crippen LogP contribution in [0.5, 0.6) is 0 Å². The fourth-order valence-electron chi connectivity index (χ4n) is 2.39. The van der Waals surface area contributed by atoms with Crippen LogP contribution in [-0.2, 0) is 6.54 Å². The summed E-state index contributed by atoms with van der Waals surface area (Å²) in [4.78, 5) is 8.82. The molecule has 1 aromatic carbocycles. The van der Waals surface area contributed by atoms with Gasteiger partial charge in [-0.25, -0.2) is 0 Å². The van der Waals surface area contributed by atoms with E-state index in [9.17, 15) is 0 Å². The van der Waals surface area contributed by atoms with Gasteiger partial charge in [-0.2, -0.15) is 0 Å². The third kappa shape index (κ3) is 4.54. The minimum atomic E-state index is 0. The lowest BCUT2D eigenvalue weighted by molar-refractivity contribution is 0.493. The Bertz CT molecular complexity index is 439. The van der Waals surface area contributed by atoms with Crippen LogP contribution < -0.4 is 10.2 Å². The third-order valence-corrected chi connectivity index (χ3v) is 3.49. The summed E-state index contributed by atoms with van der Waals surface area (Å²) < 4.78 is 0. The zero-order valence-electron chi connectivity index (χ0n) is 12.6. The lowest BCUT2D eigenvalue weighted by Gasteiger charge is -2.21. The highest BCUT2D eigenvalue weighted by molar-refractivity contribution is 14.0. The minimum absolute atomic E-state index is 0. The van der Waals surface area contributed by atoms with Gasteiger partial charge in [0.1, 0.15) is 0 Å². The van der Waals surface area contributed by atoms with E-state index in [0.717, 1.165) is 25.6 Å². The third-order valence-electron chi connectivity index (χ3n) is 3.49. The van der Waals surface area contributed by atoms with Crippen molar-refractivity contribution in [1.29, 1.82) is 0 Å². The molecule has 0 atom stereocenters.